The van der Waals surface area contributed by atoms with Crippen molar-refractivity contribution < 1.29 is 4.79 Å². The van der Waals surface area contributed by atoms with E-state index in [0.717, 1.165) is 32.4 Å². The van der Waals surface area contributed by atoms with Crippen LogP contribution in [0.1, 0.15) is 43.4 Å². The SMILES string of the molecule is O=C1CCCCC1C1CCCN1Cc1cncs1. The Kier molecular flexibility index (Phi) is 3.75. The van der Waals surface area contributed by atoms with Gasteiger partial charge in [0.2, 0.25) is 0 Å². The molecule has 1 aliphatic carbocycles. The number of carbonyl (C=O) groups is 1. The van der Waals surface area contributed by atoms with E-state index in [9.17, 15) is 4.79 Å². The average molecular weight is 264 g/mol. The Morgan fingerprint density at radius 1 is 1.33 bits per heavy atom. The maximum atomic E-state index is 12.1. The minimum Gasteiger partial charge on any atom is -0.299 e. The lowest BCUT2D eigenvalue weighted by Gasteiger charge is -2.32. The number of aromatic nitrogens is 1. The van der Waals surface area contributed by atoms with Crippen molar-refractivity contribution in [1.29, 1.82) is 0 Å². The second-order valence-corrected chi connectivity index (χ2v) is 6.44. The van der Waals surface area contributed by atoms with Gasteiger partial charge in [0.15, 0.2) is 0 Å². The van der Waals surface area contributed by atoms with Crippen LogP contribution in [0, 0.1) is 5.92 Å². The molecule has 18 heavy (non-hydrogen) atoms. The third-order valence-corrected chi connectivity index (χ3v) is 5.09. The van der Waals surface area contributed by atoms with E-state index in [4.69, 9.17) is 0 Å². The van der Waals surface area contributed by atoms with Gasteiger partial charge in [-0.15, -0.1) is 11.3 Å². The van der Waals surface area contributed by atoms with Crippen LogP contribution in [0.2, 0.25) is 0 Å². The summed E-state index contributed by atoms with van der Waals surface area (Å²) in [5.41, 5.74) is 1.90. The van der Waals surface area contributed by atoms with Crippen molar-refractivity contribution in [2.45, 2.75) is 51.1 Å². The zero-order valence-corrected chi connectivity index (χ0v) is 11.5. The van der Waals surface area contributed by atoms with Crippen molar-refractivity contribution in [3.05, 3.63) is 16.6 Å². The normalized spacial score (nSPS) is 29.9. The zero-order valence-electron chi connectivity index (χ0n) is 10.7. The number of hydrogen-bond acceptors (Lipinski definition) is 4. The number of thiazole rings is 1. The number of hydrogen-bond donors (Lipinski definition) is 0. The molecule has 2 atom stereocenters. The highest BCUT2D eigenvalue weighted by Gasteiger charge is 2.36. The predicted octanol–water partition coefficient (Wildman–Crippen LogP) is 2.87. The highest BCUT2D eigenvalue weighted by molar-refractivity contribution is 7.09. The third kappa shape index (κ3) is 2.50. The van der Waals surface area contributed by atoms with Crippen molar-refractivity contribution in [2.75, 3.05) is 6.54 Å². The Morgan fingerprint density at radius 3 is 3.06 bits per heavy atom. The number of nitrogens with zero attached hydrogens (tertiary/aromatic N) is 2. The molecule has 0 radical (unpaired) electrons. The molecule has 2 heterocycles. The Bertz CT molecular complexity index is 404. The summed E-state index contributed by atoms with van der Waals surface area (Å²) in [6.45, 7) is 2.13. The monoisotopic (exact) mass is 264 g/mol. The summed E-state index contributed by atoms with van der Waals surface area (Å²) in [7, 11) is 0. The van der Waals surface area contributed by atoms with Gasteiger partial charge in [-0.3, -0.25) is 14.7 Å². The summed E-state index contributed by atoms with van der Waals surface area (Å²) in [6.07, 6.45) is 8.68. The average Bonchev–Trinajstić information content (AvgIpc) is 3.02. The minimum atomic E-state index is 0.314. The quantitative estimate of drug-likeness (QED) is 0.841. The maximum Gasteiger partial charge on any atom is 0.137 e. The van der Waals surface area contributed by atoms with Crippen LogP contribution in [0.4, 0.5) is 0 Å². The van der Waals surface area contributed by atoms with Gasteiger partial charge in [-0.05, 0) is 32.2 Å². The molecule has 0 bridgehead atoms. The van der Waals surface area contributed by atoms with E-state index in [2.05, 4.69) is 9.88 Å². The van der Waals surface area contributed by atoms with Gasteiger partial charge in [0.25, 0.3) is 0 Å². The largest absolute Gasteiger partial charge is 0.299 e. The molecule has 1 saturated heterocycles. The molecule has 3 rings (SSSR count). The second kappa shape index (κ2) is 5.49. The second-order valence-electron chi connectivity index (χ2n) is 5.47. The van der Waals surface area contributed by atoms with Crippen LogP contribution in [0.3, 0.4) is 0 Å². The minimum absolute atomic E-state index is 0.314. The van der Waals surface area contributed by atoms with E-state index >= 15 is 0 Å². The Labute approximate surface area is 112 Å². The molecule has 1 saturated carbocycles. The summed E-state index contributed by atoms with van der Waals surface area (Å²) in [6, 6.07) is 0.500. The fourth-order valence-electron chi connectivity index (χ4n) is 3.44. The summed E-state index contributed by atoms with van der Waals surface area (Å²) in [4.78, 5) is 20.1. The van der Waals surface area contributed by atoms with Gasteiger partial charge in [-0.1, -0.05) is 6.42 Å². The first-order chi connectivity index (χ1) is 8.84. The van der Waals surface area contributed by atoms with E-state index in [1.807, 2.05) is 11.7 Å². The third-order valence-electron chi connectivity index (χ3n) is 4.32. The van der Waals surface area contributed by atoms with Crippen LogP contribution in [0.15, 0.2) is 11.7 Å². The van der Waals surface area contributed by atoms with Crippen LogP contribution < -0.4 is 0 Å². The van der Waals surface area contributed by atoms with Crippen LogP contribution in [-0.4, -0.2) is 28.3 Å². The molecule has 0 spiro atoms. The van der Waals surface area contributed by atoms with Crippen molar-refractivity contribution in [2.24, 2.45) is 5.92 Å². The first-order valence-corrected chi connectivity index (χ1v) is 7.86. The molecule has 0 aromatic carbocycles. The Hall–Kier alpha value is -0.740. The lowest BCUT2D eigenvalue weighted by atomic mass is 9.82. The first-order valence-electron chi connectivity index (χ1n) is 6.99. The molecule has 4 heteroatoms. The zero-order chi connectivity index (χ0) is 12.4. The fraction of sp³-hybridized carbons (Fsp3) is 0.714. The molecule has 0 amide bonds. The summed E-state index contributed by atoms with van der Waals surface area (Å²) in [5.74, 6) is 0.830. The summed E-state index contributed by atoms with van der Waals surface area (Å²) < 4.78 is 0. The van der Waals surface area contributed by atoms with E-state index < -0.39 is 0 Å². The first kappa shape index (κ1) is 12.3. The fourth-order valence-corrected chi connectivity index (χ4v) is 4.06. The lowest BCUT2D eigenvalue weighted by Crippen LogP contribution is -2.40. The van der Waals surface area contributed by atoms with Crippen molar-refractivity contribution in [3.63, 3.8) is 0 Å². The van der Waals surface area contributed by atoms with Crippen LogP contribution in [0.25, 0.3) is 0 Å². The highest BCUT2D eigenvalue weighted by Crippen LogP contribution is 2.33. The summed E-state index contributed by atoms with van der Waals surface area (Å²) >= 11 is 1.72. The van der Waals surface area contributed by atoms with Crippen LogP contribution in [-0.2, 0) is 11.3 Å². The van der Waals surface area contributed by atoms with Crippen molar-refractivity contribution in [1.82, 2.24) is 9.88 Å². The standard InChI is InChI=1S/C14H20N2OS/c17-14-6-2-1-4-12(14)13-5-3-7-16(13)9-11-8-15-10-18-11/h8,10,12-13H,1-7,9H2. The van der Waals surface area contributed by atoms with Crippen molar-refractivity contribution >= 4 is 17.1 Å². The smallest absolute Gasteiger partial charge is 0.137 e. The topological polar surface area (TPSA) is 33.2 Å². The van der Waals surface area contributed by atoms with Gasteiger partial charge in [0.1, 0.15) is 5.78 Å². The van der Waals surface area contributed by atoms with E-state index in [-0.39, 0.29) is 0 Å². The number of ketones is 1. The van der Waals surface area contributed by atoms with Gasteiger partial charge in [0, 0.05) is 36.0 Å². The molecule has 0 N–H and O–H groups in total. The van der Waals surface area contributed by atoms with Crippen molar-refractivity contribution in [3.8, 4) is 0 Å². The molecule has 1 aromatic heterocycles. The van der Waals surface area contributed by atoms with Gasteiger partial charge >= 0.3 is 0 Å². The lowest BCUT2D eigenvalue weighted by molar-refractivity contribution is -0.126. The molecule has 98 valence electrons. The van der Waals surface area contributed by atoms with Gasteiger partial charge in [-0.2, -0.15) is 0 Å². The van der Waals surface area contributed by atoms with E-state index in [1.165, 1.54) is 24.1 Å². The predicted molar refractivity (Wildman–Crippen MR) is 72.5 cm³/mol. The number of rotatable bonds is 3. The maximum absolute atomic E-state index is 12.1. The highest BCUT2D eigenvalue weighted by atomic mass is 32.1. The molecule has 2 unspecified atom stereocenters. The molecule has 3 nitrogen and oxygen atoms in total. The molecule has 1 aliphatic heterocycles. The Balaban J connectivity index is 1.68. The van der Waals surface area contributed by atoms with Gasteiger partial charge in [0.05, 0.1) is 5.51 Å². The molecule has 2 aliphatic rings. The van der Waals surface area contributed by atoms with E-state index in [1.54, 1.807) is 11.3 Å². The number of carbonyl (C=O) groups excluding carboxylic acids is 1. The molecular weight excluding hydrogens is 244 g/mol. The van der Waals surface area contributed by atoms with Crippen LogP contribution >= 0.6 is 11.3 Å². The number of likely N-dealkylation sites (tertiary alicyclic amines) is 1. The van der Waals surface area contributed by atoms with Gasteiger partial charge in [-0.25, -0.2) is 0 Å². The van der Waals surface area contributed by atoms with Crippen LogP contribution in [0.5, 0.6) is 0 Å². The Morgan fingerprint density at radius 2 is 2.28 bits per heavy atom. The van der Waals surface area contributed by atoms with E-state index in [0.29, 0.717) is 17.7 Å². The number of Topliss-reactive ketones (excluding diaryl/α,β-unsaturated/α-hetero) is 1. The molecule has 1 aromatic rings. The summed E-state index contributed by atoms with van der Waals surface area (Å²) in [5, 5.41) is 0. The molecule has 2 fully saturated rings. The molecular formula is C14H20N2OS. The van der Waals surface area contributed by atoms with Gasteiger partial charge < -0.3 is 0 Å².